The Kier molecular flexibility index (Phi) is 2.32. The SMILES string of the molecule is CCc1nc2c(Cl)nccn2c1C(=O)O. The van der Waals surface area contributed by atoms with Crippen molar-refractivity contribution < 1.29 is 9.90 Å². The van der Waals surface area contributed by atoms with E-state index in [-0.39, 0.29) is 10.8 Å². The van der Waals surface area contributed by atoms with Crippen LogP contribution in [0.5, 0.6) is 0 Å². The molecule has 0 fully saturated rings. The van der Waals surface area contributed by atoms with Crippen LogP contribution in [-0.2, 0) is 6.42 Å². The first-order valence-corrected chi connectivity index (χ1v) is 4.77. The van der Waals surface area contributed by atoms with Crippen molar-refractivity contribution in [3.8, 4) is 0 Å². The van der Waals surface area contributed by atoms with Gasteiger partial charge in [0.2, 0.25) is 0 Å². The molecule has 2 aromatic heterocycles. The Labute approximate surface area is 90.3 Å². The molecule has 0 atom stereocenters. The maximum absolute atomic E-state index is 11.0. The Morgan fingerprint density at radius 1 is 1.67 bits per heavy atom. The van der Waals surface area contributed by atoms with Crippen LogP contribution in [-0.4, -0.2) is 25.4 Å². The average Bonchev–Trinajstić information content (AvgIpc) is 2.57. The van der Waals surface area contributed by atoms with Gasteiger partial charge in [0.05, 0.1) is 5.69 Å². The van der Waals surface area contributed by atoms with Crippen LogP contribution in [0.4, 0.5) is 0 Å². The summed E-state index contributed by atoms with van der Waals surface area (Å²) in [5.74, 6) is -1.01. The predicted octanol–water partition coefficient (Wildman–Crippen LogP) is 1.64. The van der Waals surface area contributed by atoms with Crippen molar-refractivity contribution in [1.82, 2.24) is 14.4 Å². The van der Waals surface area contributed by atoms with E-state index in [2.05, 4.69) is 9.97 Å². The van der Waals surface area contributed by atoms with E-state index in [0.29, 0.717) is 17.8 Å². The summed E-state index contributed by atoms with van der Waals surface area (Å²) < 4.78 is 1.44. The highest BCUT2D eigenvalue weighted by atomic mass is 35.5. The lowest BCUT2D eigenvalue weighted by Gasteiger charge is -1.97. The molecule has 1 N–H and O–H groups in total. The van der Waals surface area contributed by atoms with E-state index < -0.39 is 5.97 Å². The van der Waals surface area contributed by atoms with Crippen molar-refractivity contribution in [3.63, 3.8) is 0 Å². The summed E-state index contributed by atoms with van der Waals surface area (Å²) in [6, 6.07) is 0. The smallest absolute Gasteiger partial charge is 0.354 e. The molecule has 0 saturated carbocycles. The van der Waals surface area contributed by atoms with Gasteiger partial charge in [-0.2, -0.15) is 0 Å². The second kappa shape index (κ2) is 3.51. The standard InChI is InChI=1S/C9H8ClN3O2/c1-2-5-6(9(14)15)13-4-3-11-7(10)8(13)12-5/h3-4H,2H2,1H3,(H,14,15). The maximum Gasteiger partial charge on any atom is 0.354 e. The van der Waals surface area contributed by atoms with Crippen LogP contribution in [0.2, 0.25) is 5.15 Å². The minimum absolute atomic E-state index is 0.150. The molecule has 6 heteroatoms. The summed E-state index contributed by atoms with van der Waals surface area (Å²) in [5, 5.41) is 9.26. The third-order valence-corrected chi connectivity index (χ3v) is 2.38. The molecule has 0 bridgehead atoms. The van der Waals surface area contributed by atoms with Gasteiger partial charge in [-0.15, -0.1) is 0 Å². The third-order valence-electron chi connectivity index (χ3n) is 2.11. The summed E-state index contributed by atoms with van der Waals surface area (Å²) in [4.78, 5) is 19.0. The van der Waals surface area contributed by atoms with Gasteiger partial charge in [0.1, 0.15) is 0 Å². The number of nitrogens with zero attached hydrogens (tertiary/aromatic N) is 3. The Morgan fingerprint density at radius 2 is 2.40 bits per heavy atom. The number of carboxylic acid groups (broad SMARTS) is 1. The molecule has 2 heterocycles. The number of hydrogen-bond donors (Lipinski definition) is 1. The number of halogens is 1. The Hall–Kier alpha value is -1.62. The normalized spacial score (nSPS) is 10.8. The lowest BCUT2D eigenvalue weighted by Crippen LogP contribution is -2.04. The van der Waals surface area contributed by atoms with E-state index in [9.17, 15) is 4.79 Å². The molecule has 15 heavy (non-hydrogen) atoms. The van der Waals surface area contributed by atoms with Crippen LogP contribution in [0.3, 0.4) is 0 Å². The zero-order valence-electron chi connectivity index (χ0n) is 7.94. The third kappa shape index (κ3) is 1.45. The predicted molar refractivity (Wildman–Crippen MR) is 54.3 cm³/mol. The summed E-state index contributed by atoms with van der Waals surface area (Å²) >= 11 is 5.82. The van der Waals surface area contributed by atoms with Crippen molar-refractivity contribution >= 4 is 23.2 Å². The number of rotatable bonds is 2. The molecule has 0 spiro atoms. The number of hydrogen-bond acceptors (Lipinski definition) is 3. The first-order valence-electron chi connectivity index (χ1n) is 4.40. The van der Waals surface area contributed by atoms with Crippen LogP contribution < -0.4 is 0 Å². The van der Waals surface area contributed by atoms with E-state index in [4.69, 9.17) is 16.7 Å². The van der Waals surface area contributed by atoms with Gasteiger partial charge in [-0.1, -0.05) is 18.5 Å². The van der Waals surface area contributed by atoms with Crippen molar-refractivity contribution in [3.05, 3.63) is 28.9 Å². The second-order valence-corrected chi connectivity index (χ2v) is 3.34. The number of aromatic carboxylic acids is 1. The first-order chi connectivity index (χ1) is 7.15. The van der Waals surface area contributed by atoms with Crippen molar-refractivity contribution in [2.24, 2.45) is 0 Å². The fraction of sp³-hybridized carbons (Fsp3) is 0.222. The molecule has 2 aromatic rings. The molecule has 0 aromatic carbocycles. The van der Waals surface area contributed by atoms with Gasteiger partial charge in [-0.05, 0) is 6.42 Å². The van der Waals surface area contributed by atoms with Gasteiger partial charge in [-0.25, -0.2) is 14.8 Å². The van der Waals surface area contributed by atoms with E-state index in [0.717, 1.165) is 0 Å². The van der Waals surface area contributed by atoms with Gasteiger partial charge >= 0.3 is 5.97 Å². The highest BCUT2D eigenvalue weighted by Gasteiger charge is 2.18. The first kappa shape index (κ1) is 9.92. The number of aryl methyl sites for hydroxylation is 1. The minimum Gasteiger partial charge on any atom is -0.477 e. The van der Waals surface area contributed by atoms with Crippen molar-refractivity contribution in [1.29, 1.82) is 0 Å². The summed E-state index contributed by atoms with van der Waals surface area (Å²) in [6.07, 6.45) is 3.53. The number of aromatic nitrogens is 3. The number of fused-ring (bicyclic) bond motifs is 1. The van der Waals surface area contributed by atoms with Crippen LogP contribution >= 0.6 is 11.6 Å². The highest BCUT2D eigenvalue weighted by molar-refractivity contribution is 6.32. The van der Waals surface area contributed by atoms with E-state index in [1.54, 1.807) is 0 Å². The molecule has 0 unspecified atom stereocenters. The maximum atomic E-state index is 11.0. The van der Waals surface area contributed by atoms with Crippen LogP contribution in [0, 0.1) is 0 Å². The van der Waals surface area contributed by atoms with Crippen LogP contribution in [0.15, 0.2) is 12.4 Å². The lowest BCUT2D eigenvalue weighted by molar-refractivity contribution is 0.0688. The molecular weight excluding hydrogens is 218 g/mol. The minimum atomic E-state index is -1.01. The zero-order valence-corrected chi connectivity index (χ0v) is 8.69. The lowest BCUT2D eigenvalue weighted by atomic mass is 10.2. The Morgan fingerprint density at radius 3 is 3.00 bits per heavy atom. The van der Waals surface area contributed by atoms with E-state index >= 15 is 0 Å². The Bertz CT molecular complexity index is 535. The number of imidazole rings is 1. The molecule has 0 aliphatic heterocycles. The van der Waals surface area contributed by atoms with Crippen LogP contribution in [0.25, 0.3) is 5.65 Å². The molecule has 0 radical (unpaired) electrons. The largest absolute Gasteiger partial charge is 0.477 e. The molecule has 5 nitrogen and oxygen atoms in total. The summed E-state index contributed by atoms with van der Waals surface area (Å²) in [5.41, 5.74) is 1.04. The molecule has 78 valence electrons. The van der Waals surface area contributed by atoms with Gasteiger partial charge < -0.3 is 5.11 Å². The van der Waals surface area contributed by atoms with E-state index in [1.807, 2.05) is 6.92 Å². The molecule has 0 aliphatic rings. The summed E-state index contributed by atoms with van der Waals surface area (Å²) in [7, 11) is 0. The van der Waals surface area contributed by atoms with Gasteiger partial charge in [0, 0.05) is 12.4 Å². The fourth-order valence-electron chi connectivity index (χ4n) is 1.47. The Balaban J connectivity index is 2.86. The van der Waals surface area contributed by atoms with Gasteiger partial charge in [-0.3, -0.25) is 4.40 Å². The van der Waals surface area contributed by atoms with Crippen LogP contribution in [0.1, 0.15) is 23.1 Å². The zero-order chi connectivity index (χ0) is 11.0. The quantitative estimate of drug-likeness (QED) is 0.844. The van der Waals surface area contributed by atoms with Crippen molar-refractivity contribution in [2.75, 3.05) is 0 Å². The molecule has 0 aliphatic carbocycles. The molecular formula is C9H8ClN3O2. The monoisotopic (exact) mass is 225 g/mol. The molecule has 2 rings (SSSR count). The fourth-order valence-corrected chi connectivity index (χ4v) is 1.66. The second-order valence-electron chi connectivity index (χ2n) is 2.98. The van der Waals surface area contributed by atoms with Crippen molar-refractivity contribution in [2.45, 2.75) is 13.3 Å². The van der Waals surface area contributed by atoms with Gasteiger partial charge in [0.15, 0.2) is 16.5 Å². The molecule has 0 amide bonds. The number of carboxylic acids is 1. The van der Waals surface area contributed by atoms with E-state index in [1.165, 1.54) is 16.8 Å². The summed E-state index contributed by atoms with van der Waals surface area (Å²) in [6.45, 7) is 1.84. The topological polar surface area (TPSA) is 67.5 Å². The highest BCUT2D eigenvalue weighted by Crippen LogP contribution is 2.18. The molecule has 0 saturated heterocycles. The number of carbonyl (C=O) groups is 1. The average molecular weight is 226 g/mol. The van der Waals surface area contributed by atoms with Gasteiger partial charge in [0.25, 0.3) is 0 Å².